The van der Waals surface area contributed by atoms with Crippen LogP contribution in [-0.2, 0) is 22.6 Å². The Bertz CT molecular complexity index is 2930. The van der Waals surface area contributed by atoms with Crippen molar-refractivity contribution in [2.45, 2.75) is 71.4 Å². The molecule has 3 aromatic carbocycles. The van der Waals surface area contributed by atoms with Crippen LogP contribution in [0.2, 0.25) is 10.0 Å². The van der Waals surface area contributed by atoms with E-state index in [0.29, 0.717) is 89.1 Å². The number of anilines is 1. The molecule has 0 amide bonds. The van der Waals surface area contributed by atoms with Crippen LogP contribution in [0, 0.1) is 31.5 Å². The van der Waals surface area contributed by atoms with E-state index in [2.05, 4.69) is 31.8 Å². The molecule has 0 radical (unpaired) electrons. The van der Waals surface area contributed by atoms with Gasteiger partial charge >= 0.3 is 5.97 Å². The van der Waals surface area contributed by atoms with Gasteiger partial charge in [0.15, 0.2) is 5.75 Å². The third-order valence-corrected chi connectivity index (χ3v) is 15.4. The summed E-state index contributed by atoms with van der Waals surface area (Å²) in [6.45, 7) is 13.5. The topological polar surface area (TPSA) is 124 Å². The van der Waals surface area contributed by atoms with Gasteiger partial charge in [-0.25, -0.2) is 37.9 Å². The van der Waals surface area contributed by atoms with Crippen LogP contribution >= 0.6 is 34.5 Å². The van der Waals surface area contributed by atoms with Crippen LogP contribution < -0.4 is 23.8 Å². The molecule has 70 heavy (non-hydrogen) atoms. The number of benzene rings is 3. The van der Waals surface area contributed by atoms with Crippen LogP contribution in [0.15, 0.2) is 61.1 Å². The van der Waals surface area contributed by atoms with Crippen LogP contribution in [0.3, 0.4) is 0 Å². The van der Waals surface area contributed by atoms with E-state index < -0.39 is 47.4 Å². The quantitative estimate of drug-likeness (QED) is 0.135. The highest BCUT2D eigenvalue weighted by Gasteiger charge is 2.72. The average Bonchev–Trinajstić information content (AvgIpc) is 3.68. The normalized spacial score (nSPS) is 21.4. The summed E-state index contributed by atoms with van der Waals surface area (Å²) < 4.78 is 75.4. The summed E-state index contributed by atoms with van der Waals surface area (Å²) >= 11 is 16.1. The number of alkyl halides is 2. The standard InChI is InChI=1S/C51H52Cl2F3N7O6S/c1-27-39-28(2)43(53)44(42(27)52)67-34(21-62-17-15-61(6)16-18-62)25-65-33-11-12-37(66-24-32-13-14-57-49(60-32)63-22-35-36(23-63)51(35,55)56)30(19-33)20-38(48(64)69-50(3,4)5)68-46-41-40(39)45(70-47(41)59-26-58-46)29-7-9-31(54)10-8-29/h7-14,19,26,34-36,38H,15-18,20-25H2,1-6H3/t34-,35?,36?,38-/m1/s1. The maximum atomic E-state index is 14.5. The summed E-state index contributed by atoms with van der Waals surface area (Å²) in [6, 6.07) is 13.2. The Labute approximate surface area is 417 Å². The first-order chi connectivity index (χ1) is 33.4. The van der Waals surface area contributed by atoms with Gasteiger partial charge in [-0.2, -0.15) is 0 Å². The summed E-state index contributed by atoms with van der Waals surface area (Å²) in [5.41, 5.74) is 3.48. The molecule has 4 aliphatic heterocycles. The molecule has 11 rings (SSSR count). The predicted molar refractivity (Wildman–Crippen MR) is 262 cm³/mol. The smallest absolute Gasteiger partial charge is 0.348 e. The zero-order valence-electron chi connectivity index (χ0n) is 39.5. The number of hydrogen-bond donors (Lipinski definition) is 0. The molecule has 19 heteroatoms. The van der Waals surface area contributed by atoms with Gasteiger partial charge in [0, 0.05) is 74.4 Å². The largest absolute Gasteiger partial charge is 0.490 e. The number of ether oxygens (including phenoxy) is 5. The molecule has 3 aromatic heterocycles. The Morgan fingerprint density at radius 1 is 0.929 bits per heavy atom. The first-order valence-electron chi connectivity index (χ1n) is 23.2. The van der Waals surface area contributed by atoms with E-state index in [4.69, 9.17) is 51.9 Å². The second kappa shape index (κ2) is 18.9. The molecule has 4 bridgehead atoms. The fourth-order valence-electron chi connectivity index (χ4n) is 9.51. The number of halogens is 5. The Kier molecular flexibility index (Phi) is 13.0. The summed E-state index contributed by atoms with van der Waals surface area (Å²) in [5.74, 6) is -3.45. The number of carbonyl (C=O) groups excluding carboxylic acids is 1. The number of esters is 1. The lowest BCUT2D eigenvalue weighted by Gasteiger charge is -2.35. The lowest BCUT2D eigenvalue weighted by atomic mass is 9.92. The predicted octanol–water partition coefficient (Wildman–Crippen LogP) is 9.88. The first-order valence-corrected chi connectivity index (χ1v) is 24.8. The molecule has 4 atom stereocenters. The van der Waals surface area contributed by atoms with E-state index in [1.807, 2.05) is 13.8 Å². The van der Waals surface area contributed by atoms with Gasteiger partial charge in [0.2, 0.25) is 17.9 Å². The lowest BCUT2D eigenvalue weighted by molar-refractivity contribution is -0.163. The van der Waals surface area contributed by atoms with Crippen molar-refractivity contribution in [1.82, 2.24) is 29.7 Å². The van der Waals surface area contributed by atoms with E-state index in [0.717, 1.165) is 31.1 Å². The molecule has 2 saturated heterocycles. The molecule has 0 spiro atoms. The number of rotatable bonds is 8. The van der Waals surface area contributed by atoms with Gasteiger partial charge in [-0.1, -0.05) is 35.3 Å². The van der Waals surface area contributed by atoms with E-state index in [9.17, 15) is 18.0 Å². The Morgan fingerprint density at radius 3 is 2.34 bits per heavy atom. The SMILES string of the molecule is Cc1c(Cl)c2c(Cl)c(C)c1-c1c(-c3ccc(F)cc3)sc3ncnc(c13)O[C@@H](C(=O)OC(C)(C)C)Cc1cc(ccc1OCc1ccnc(N3CC4C(C3)C4(F)F)n1)OC[C@@H](CN1CCN(C)CC1)O2. The van der Waals surface area contributed by atoms with E-state index in [1.54, 1.807) is 68.3 Å². The number of nitrogens with zero attached hydrogens (tertiary/aromatic N) is 7. The molecule has 3 fully saturated rings. The van der Waals surface area contributed by atoms with Crippen molar-refractivity contribution in [1.29, 1.82) is 0 Å². The molecule has 13 nitrogen and oxygen atoms in total. The van der Waals surface area contributed by atoms with Gasteiger partial charge in [-0.3, -0.25) is 4.90 Å². The van der Waals surface area contributed by atoms with Crippen molar-refractivity contribution in [2.75, 3.05) is 64.4 Å². The molecule has 2 unspecified atom stereocenters. The fourth-order valence-corrected chi connectivity index (χ4v) is 11.2. The third kappa shape index (κ3) is 9.67. The van der Waals surface area contributed by atoms with Crippen molar-refractivity contribution < 1.29 is 41.7 Å². The van der Waals surface area contributed by atoms with E-state index >= 15 is 0 Å². The number of hydrogen-bond acceptors (Lipinski definition) is 14. The zero-order chi connectivity index (χ0) is 49.2. The highest BCUT2D eigenvalue weighted by atomic mass is 35.5. The highest BCUT2D eigenvalue weighted by molar-refractivity contribution is 7.22. The molecule has 1 saturated carbocycles. The molecular weight excluding hydrogens is 967 g/mol. The number of aromatic nitrogens is 4. The number of thiophene rings is 1. The zero-order valence-corrected chi connectivity index (χ0v) is 41.9. The molecule has 6 aromatic rings. The van der Waals surface area contributed by atoms with Crippen molar-refractivity contribution >= 4 is 56.7 Å². The molecular formula is C51H52Cl2F3N7O6S. The van der Waals surface area contributed by atoms with Crippen LogP contribution in [0.4, 0.5) is 19.1 Å². The third-order valence-electron chi connectivity index (χ3n) is 13.3. The first kappa shape index (κ1) is 48.2. The number of piperidine rings is 1. The lowest BCUT2D eigenvalue weighted by Crippen LogP contribution is -2.49. The van der Waals surface area contributed by atoms with Gasteiger partial charge in [0.25, 0.3) is 5.92 Å². The highest BCUT2D eigenvalue weighted by Crippen LogP contribution is 2.59. The molecule has 1 aliphatic carbocycles. The van der Waals surface area contributed by atoms with Gasteiger partial charge in [-0.15, -0.1) is 11.3 Å². The second-order valence-electron chi connectivity index (χ2n) is 19.5. The summed E-state index contributed by atoms with van der Waals surface area (Å²) in [6.07, 6.45) is 1.04. The summed E-state index contributed by atoms with van der Waals surface area (Å²) in [5, 5.41) is 1.08. The van der Waals surface area contributed by atoms with Gasteiger partial charge < -0.3 is 33.5 Å². The van der Waals surface area contributed by atoms with E-state index in [1.165, 1.54) is 29.8 Å². The van der Waals surface area contributed by atoms with E-state index in [-0.39, 0.29) is 38.6 Å². The molecule has 5 aliphatic rings. The summed E-state index contributed by atoms with van der Waals surface area (Å²) in [4.78, 5) is 40.6. The van der Waals surface area contributed by atoms with Crippen molar-refractivity contribution in [3.8, 4) is 44.7 Å². The van der Waals surface area contributed by atoms with Crippen molar-refractivity contribution in [3.05, 3.63) is 99.3 Å². The van der Waals surface area contributed by atoms with Crippen LogP contribution in [0.25, 0.3) is 31.8 Å². The monoisotopic (exact) mass is 1020 g/mol. The molecule has 368 valence electrons. The van der Waals surface area contributed by atoms with Crippen LogP contribution in [0.5, 0.6) is 23.1 Å². The van der Waals surface area contributed by atoms with Gasteiger partial charge in [-0.05, 0) is 100 Å². The maximum Gasteiger partial charge on any atom is 0.348 e. The Balaban J connectivity index is 1.09. The van der Waals surface area contributed by atoms with Crippen LogP contribution in [-0.4, -0.2) is 119 Å². The minimum atomic E-state index is -2.64. The Morgan fingerprint density at radius 2 is 1.64 bits per heavy atom. The molecule has 0 N–H and O–H groups in total. The minimum Gasteiger partial charge on any atom is -0.490 e. The van der Waals surface area contributed by atoms with Gasteiger partial charge in [0.05, 0.1) is 33.0 Å². The van der Waals surface area contributed by atoms with Gasteiger partial charge in [0.1, 0.15) is 53.4 Å². The van der Waals surface area contributed by atoms with Crippen LogP contribution in [0.1, 0.15) is 43.2 Å². The number of piperazine rings is 1. The number of fused-ring (bicyclic) bond motifs is 8. The second-order valence-corrected chi connectivity index (χ2v) is 21.2. The minimum absolute atomic E-state index is 0.00706. The number of carbonyl (C=O) groups is 1. The maximum absolute atomic E-state index is 14.5. The van der Waals surface area contributed by atoms with Crippen molar-refractivity contribution in [2.24, 2.45) is 11.8 Å². The molecule has 7 heterocycles. The number of likely N-dealkylation sites (N-methyl/N-ethyl adjacent to an activating group) is 1. The van der Waals surface area contributed by atoms with Crippen molar-refractivity contribution in [3.63, 3.8) is 0 Å². The fraction of sp³-hybridized carbons (Fsp3) is 0.431. The Hall–Kier alpha value is -5.46. The summed E-state index contributed by atoms with van der Waals surface area (Å²) in [7, 11) is 2.10. The average molecular weight is 1020 g/mol.